The molecule has 0 aliphatic carbocycles. The number of nitrogens with zero attached hydrogens (tertiary/aromatic N) is 1. The molecule has 5 heteroatoms. The van der Waals surface area contributed by atoms with Crippen molar-refractivity contribution in [3.8, 4) is 11.4 Å². The van der Waals surface area contributed by atoms with Gasteiger partial charge in [0.05, 0.1) is 27.6 Å². The molecular formula is C24H15BNO3. The molecule has 2 aromatic heterocycles. The smallest absolute Gasteiger partial charge is 0.536 e. The summed E-state index contributed by atoms with van der Waals surface area (Å²) in [6, 6.07) is 17.7. The predicted octanol–water partition coefficient (Wildman–Crippen LogP) is 5.59. The van der Waals surface area contributed by atoms with Crippen LogP contribution >= 0.6 is 0 Å². The van der Waals surface area contributed by atoms with Gasteiger partial charge in [-0.25, -0.2) is 0 Å². The van der Waals surface area contributed by atoms with Gasteiger partial charge in [0.1, 0.15) is 16.9 Å². The number of benzene rings is 4. The molecular weight excluding hydrogens is 361 g/mol. The number of para-hydroxylation sites is 4. The van der Waals surface area contributed by atoms with Crippen molar-refractivity contribution in [3.63, 3.8) is 0 Å². The van der Waals surface area contributed by atoms with Gasteiger partial charge in [-0.3, -0.25) is 0 Å². The van der Waals surface area contributed by atoms with Crippen LogP contribution in [0.25, 0.3) is 49.4 Å². The van der Waals surface area contributed by atoms with Crippen LogP contribution in [0, 0.1) is 0 Å². The molecule has 0 atom stereocenters. The van der Waals surface area contributed by atoms with Crippen LogP contribution in [0.1, 0.15) is 5.48 Å². The largest absolute Gasteiger partial charge is 0.569 e. The molecule has 0 spiro atoms. The fourth-order valence-electron chi connectivity index (χ4n) is 4.09. The Balaban J connectivity index is 1.93. The quantitative estimate of drug-likeness (QED) is 0.407. The molecule has 0 aliphatic heterocycles. The summed E-state index contributed by atoms with van der Waals surface area (Å²) in [5.74, 6) is -0.170. The summed E-state index contributed by atoms with van der Waals surface area (Å²) in [4.78, 5) is 0. The summed E-state index contributed by atoms with van der Waals surface area (Å²) in [6.07, 6.45) is 0. The van der Waals surface area contributed by atoms with Gasteiger partial charge >= 0.3 is 7.69 Å². The minimum atomic E-state index is -0.444. The molecule has 0 saturated heterocycles. The normalized spacial score (nSPS) is 13.6. The minimum Gasteiger partial charge on any atom is -0.536 e. The highest BCUT2D eigenvalue weighted by Crippen LogP contribution is 2.41. The molecule has 0 unspecified atom stereocenters. The van der Waals surface area contributed by atoms with E-state index >= 15 is 0 Å². The molecule has 29 heavy (non-hydrogen) atoms. The van der Waals surface area contributed by atoms with Crippen LogP contribution in [0.5, 0.6) is 5.75 Å². The zero-order chi connectivity index (χ0) is 22.9. The van der Waals surface area contributed by atoms with Crippen LogP contribution in [-0.4, -0.2) is 17.3 Å². The van der Waals surface area contributed by atoms with E-state index in [0.717, 1.165) is 32.6 Å². The average molecular weight is 380 g/mol. The van der Waals surface area contributed by atoms with Crippen LogP contribution in [0.2, 0.25) is 0 Å². The van der Waals surface area contributed by atoms with E-state index < -0.39 is 12.1 Å². The van der Waals surface area contributed by atoms with Crippen molar-refractivity contribution in [1.82, 2.24) is 4.57 Å². The third kappa shape index (κ3) is 2.25. The Morgan fingerprint density at radius 1 is 0.862 bits per heavy atom. The maximum Gasteiger partial charge on any atom is 0.569 e. The Hall–Kier alpha value is -3.70. The van der Waals surface area contributed by atoms with E-state index in [2.05, 4.69) is 0 Å². The summed E-state index contributed by atoms with van der Waals surface area (Å²) >= 11 is 0. The topological polar surface area (TPSA) is 47.5 Å². The second-order valence-electron chi connectivity index (χ2n) is 6.69. The van der Waals surface area contributed by atoms with Gasteiger partial charge in [0.2, 0.25) is 0 Å². The van der Waals surface area contributed by atoms with Gasteiger partial charge in [0.25, 0.3) is 0 Å². The summed E-state index contributed by atoms with van der Waals surface area (Å²) < 4.78 is 46.5. The van der Waals surface area contributed by atoms with Gasteiger partial charge in [-0.15, -0.1) is 0 Å². The zero-order valence-corrected chi connectivity index (χ0v) is 15.1. The first-order valence-electron chi connectivity index (χ1n) is 11.1. The van der Waals surface area contributed by atoms with E-state index in [1.54, 1.807) is 4.57 Å². The number of rotatable bonds is 3. The van der Waals surface area contributed by atoms with E-state index in [1.165, 1.54) is 0 Å². The number of furan rings is 1. The first kappa shape index (κ1) is 12.7. The molecule has 6 aromatic rings. The van der Waals surface area contributed by atoms with E-state index in [4.69, 9.17) is 14.6 Å². The van der Waals surface area contributed by atoms with Gasteiger partial charge in [-0.2, -0.15) is 0 Å². The standard InChI is InChI=1S/C24H15BNO3/c27-25-29-21-12-6-4-10-19(21)26-18-9-3-1-7-15(18)16-13-14-22-23(24(16)26)17-8-2-5-11-20(17)28-22/h1-14,27H/i4D,6D,10D,12D. The molecule has 137 valence electrons. The van der Waals surface area contributed by atoms with Crippen LogP contribution in [0.4, 0.5) is 0 Å². The van der Waals surface area contributed by atoms with Crippen LogP contribution in [0.3, 0.4) is 0 Å². The summed E-state index contributed by atoms with van der Waals surface area (Å²) in [5, 5.41) is 12.9. The number of aromatic nitrogens is 1. The summed E-state index contributed by atoms with van der Waals surface area (Å²) in [5.41, 5.74) is 2.94. The van der Waals surface area contributed by atoms with E-state index in [0.29, 0.717) is 18.9 Å². The lowest BCUT2D eigenvalue weighted by Crippen LogP contribution is -2.04. The van der Waals surface area contributed by atoms with Crippen molar-refractivity contribution in [2.45, 2.75) is 0 Å². The van der Waals surface area contributed by atoms with Crippen LogP contribution in [-0.2, 0) is 0 Å². The molecule has 6 rings (SSSR count). The highest BCUT2D eigenvalue weighted by atomic mass is 16.5. The molecule has 0 amide bonds. The fourth-order valence-corrected chi connectivity index (χ4v) is 4.09. The van der Waals surface area contributed by atoms with Gasteiger partial charge in [0, 0.05) is 16.2 Å². The lowest BCUT2D eigenvalue weighted by molar-refractivity contribution is 0.453. The Morgan fingerprint density at radius 2 is 1.66 bits per heavy atom. The second-order valence-corrected chi connectivity index (χ2v) is 6.69. The fraction of sp³-hybridized carbons (Fsp3) is 0. The molecule has 1 radical (unpaired) electrons. The third-order valence-electron chi connectivity index (χ3n) is 5.20. The van der Waals surface area contributed by atoms with Crippen molar-refractivity contribution < 1.29 is 19.6 Å². The van der Waals surface area contributed by atoms with E-state index in [-0.39, 0.29) is 23.5 Å². The Labute approximate surface area is 172 Å². The molecule has 4 nitrogen and oxygen atoms in total. The number of hydrogen-bond acceptors (Lipinski definition) is 3. The molecule has 0 saturated carbocycles. The number of hydrogen-bond donors (Lipinski definition) is 1. The molecule has 0 bridgehead atoms. The Bertz CT molecular complexity index is 1740. The van der Waals surface area contributed by atoms with Crippen LogP contribution in [0.15, 0.2) is 89.3 Å². The highest BCUT2D eigenvalue weighted by molar-refractivity contribution is 6.24. The average Bonchev–Trinajstić information content (AvgIpc) is 3.37. The SMILES string of the molecule is [2H]c1c([2H])c([2H])c(-n2c3ccccc3c3ccc4oc5ccccc5c4c32)c(O[B]O)c1[2H]. The van der Waals surface area contributed by atoms with E-state index in [9.17, 15) is 5.02 Å². The summed E-state index contributed by atoms with van der Waals surface area (Å²) in [6.45, 7) is 0. The van der Waals surface area contributed by atoms with Crippen LogP contribution < -0.4 is 4.65 Å². The maximum absolute atomic E-state index is 9.40. The highest BCUT2D eigenvalue weighted by Gasteiger charge is 2.20. The third-order valence-corrected chi connectivity index (χ3v) is 5.20. The predicted molar refractivity (Wildman–Crippen MR) is 117 cm³/mol. The van der Waals surface area contributed by atoms with Gasteiger partial charge in [-0.05, 0) is 36.4 Å². The molecule has 2 heterocycles. The van der Waals surface area contributed by atoms with Crippen molar-refractivity contribution in [2.75, 3.05) is 0 Å². The second kappa shape index (κ2) is 6.16. The maximum atomic E-state index is 9.40. The Morgan fingerprint density at radius 3 is 2.55 bits per heavy atom. The van der Waals surface area contributed by atoms with Crippen molar-refractivity contribution in [3.05, 3.63) is 84.8 Å². The molecule has 4 aromatic carbocycles. The molecule has 1 N–H and O–H groups in total. The van der Waals surface area contributed by atoms with E-state index in [1.807, 2.05) is 60.7 Å². The van der Waals surface area contributed by atoms with Gasteiger partial charge in [0.15, 0.2) is 0 Å². The van der Waals surface area contributed by atoms with Crippen molar-refractivity contribution in [2.24, 2.45) is 0 Å². The summed E-state index contributed by atoms with van der Waals surface area (Å²) in [7, 11) is 0.427. The Kier molecular flexibility index (Phi) is 2.70. The van der Waals surface area contributed by atoms with Crippen molar-refractivity contribution >= 4 is 51.4 Å². The monoisotopic (exact) mass is 380 g/mol. The molecule has 0 aliphatic rings. The first-order chi connectivity index (χ1) is 16.0. The number of fused-ring (bicyclic) bond motifs is 7. The lowest BCUT2D eigenvalue weighted by atomic mass is 10.1. The lowest BCUT2D eigenvalue weighted by Gasteiger charge is -2.13. The van der Waals surface area contributed by atoms with Gasteiger partial charge < -0.3 is 18.7 Å². The van der Waals surface area contributed by atoms with Crippen molar-refractivity contribution in [1.29, 1.82) is 0 Å². The minimum absolute atomic E-state index is 0.107. The zero-order valence-electron chi connectivity index (χ0n) is 19.1. The first-order valence-corrected chi connectivity index (χ1v) is 9.09. The molecule has 0 fully saturated rings. The van der Waals surface area contributed by atoms with Gasteiger partial charge in [-0.1, -0.05) is 48.5 Å².